The van der Waals surface area contributed by atoms with Gasteiger partial charge in [0.05, 0.1) is 10.9 Å². The molecule has 0 radical (unpaired) electrons. The van der Waals surface area contributed by atoms with E-state index >= 15 is 0 Å². The molecule has 0 aliphatic rings. The zero-order valence-corrected chi connectivity index (χ0v) is 13.7. The summed E-state index contributed by atoms with van der Waals surface area (Å²) >= 11 is 0. The molecular weight excluding hydrogens is 284 g/mol. The predicted molar refractivity (Wildman–Crippen MR) is 95.5 cm³/mol. The van der Waals surface area contributed by atoms with Gasteiger partial charge in [0.15, 0.2) is 14.7 Å². The van der Waals surface area contributed by atoms with Crippen LogP contribution in [0.3, 0.4) is 0 Å². The molecule has 0 nitrogen and oxygen atoms in total. The third-order valence-electron chi connectivity index (χ3n) is 3.66. The van der Waals surface area contributed by atoms with Crippen LogP contribution in [0.1, 0.15) is 18.9 Å². The Morgan fingerprint density at radius 2 is 1.05 bits per heavy atom. The Morgan fingerprint density at radius 1 is 0.591 bits per heavy atom. The molecule has 1 heteroatoms. The van der Waals surface area contributed by atoms with Gasteiger partial charge in [0.25, 0.3) is 0 Å². The number of benzene rings is 3. The summed E-state index contributed by atoms with van der Waals surface area (Å²) in [7, 11) is -0.0268. The monoisotopic (exact) mass is 305 g/mol. The Morgan fingerprint density at radius 3 is 1.50 bits per heavy atom. The predicted octanol–water partition coefficient (Wildman–Crippen LogP) is 5.73. The van der Waals surface area contributed by atoms with Crippen LogP contribution in [0.2, 0.25) is 0 Å². The van der Waals surface area contributed by atoms with Crippen LogP contribution in [0.5, 0.6) is 0 Å². The van der Waals surface area contributed by atoms with Crippen LogP contribution in [-0.4, -0.2) is 0 Å². The van der Waals surface area contributed by atoms with E-state index in [2.05, 4.69) is 91.9 Å². The molecule has 0 heterocycles. The summed E-state index contributed by atoms with van der Waals surface area (Å²) in [4.78, 5) is 4.13. The second-order valence-corrected chi connectivity index (χ2v) is 7.35. The first-order valence-corrected chi connectivity index (χ1v) is 9.04. The third-order valence-corrected chi connectivity index (χ3v) is 5.89. The average molecular weight is 305 g/mol. The third kappa shape index (κ3) is 3.42. The largest absolute Gasteiger partial charge is 0.166 e. The second-order valence-electron chi connectivity index (χ2n) is 5.33. The van der Waals surface area contributed by atoms with Crippen LogP contribution >= 0.6 is 0 Å². The van der Waals surface area contributed by atoms with Crippen molar-refractivity contribution in [1.29, 1.82) is 0 Å². The van der Waals surface area contributed by atoms with Crippen LogP contribution in [-0.2, 0) is 17.3 Å². The van der Waals surface area contributed by atoms with Crippen molar-refractivity contribution < 1.29 is 0 Å². The molecule has 0 fully saturated rings. The summed E-state index contributed by atoms with van der Waals surface area (Å²) in [6, 6.07) is 30.8. The number of hydrogen-bond acceptors (Lipinski definition) is 0. The molecule has 0 bridgehead atoms. The fourth-order valence-electron chi connectivity index (χ4n) is 2.60. The van der Waals surface area contributed by atoms with Crippen molar-refractivity contribution in [3.63, 3.8) is 0 Å². The molecular formula is C21H21S+. The maximum absolute atomic E-state index is 2.30. The van der Waals surface area contributed by atoms with Crippen molar-refractivity contribution in [3.8, 4) is 0 Å². The molecule has 0 aliphatic heterocycles. The van der Waals surface area contributed by atoms with Crippen molar-refractivity contribution in [2.45, 2.75) is 34.5 Å². The minimum Gasteiger partial charge on any atom is -0.0651 e. The Kier molecular flexibility index (Phi) is 4.97. The van der Waals surface area contributed by atoms with Gasteiger partial charge < -0.3 is 0 Å². The van der Waals surface area contributed by atoms with E-state index in [-0.39, 0.29) is 10.9 Å². The Bertz CT molecular complexity index is 647. The minimum atomic E-state index is -0.0268. The molecule has 22 heavy (non-hydrogen) atoms. The van der Waals surface area contributed by atoms with Gasteiger partial charge in [-0.1, -0.05) is 61.9 Å². The lowest BCUT2D eigenvalue weighted by Crippen LogP contribution is -2.04. The zero-order valence-electron chi connectivity index (χ0n) is 12.9. The lowest BCUT2D eigenvalue weighted by Gasteiger charge is -2.08. The van der Waals surface area contributed by atoms with Gasteiger partial charge in [-0.25, -0.2) is 0 Å². The molecule has 0 unspecified atom stereocenters. The minimum absolute atomic E-state index is 0.0268. The average Bonchev–Trinajstić information content (AvgIpc) is 2.59. The van der Waals surface area contributed by atoms with E-state index in [9.17, 15) is 0 Å². The van der Waals surface area contributed by atoms with Crippen molar-refractivity contribution in [2.24, 2.45) is 0 Å². The first-order valence-electron chi connectivity index (χ1n) is 7.82. The van der Waals surface area contributed by atoms with E-state index in [4.69, 9.17) is 0 Å². The van der Waals surface area contributed by atoms with Crippen molar-refractivity contribution in [3.05, 3.63) is 90.5 Å². The van der Waals surface area contributed by atoms with E-state index in [1.54, 1.807) is 0 Å². The van der Waals surface area contributed by atoms with E-state index < -0.39 is 0 Å². The number of hydrogen-bond donors (Lipinski definition) is 0. The molecule has 0 atom stereocenters. The smallest absolute Gasteiger partial charge is 0.0651 e. The fraction of sp³-hybridized carbons (Fsp3) is 0.143. The quantitative estimate of drug-likeness (QED) is 0.528. The van der Waals surface area contributed by atoms with Crippen LogP contribution < -0.4 is 0 Å². The maximum atomic E-state index is 2.30. The number of rotatable bonds is 5. The summed E-state index contributed by atoms with van der Waals surface area (Å²) in [5, 5.41) is 0. The summed E-state index contributed by atoms with van der Waals surface area (Å²) in [5.74, 6) is 0. The first-order chi connectivity index (χ1) is 10.9. The van der Waals surface area contributed by atoms with Gasteiger partial charge in [-0.2, -0.15) is 0 Å². The molecule has 0 amide bonds. The Labute approximate surface area is 136 Å². The zero-order chi connectivity index (χ0) is 15.2. The van der Waals surface area contributed by atoms with Crippen LogP contribution in [0.4, 0.5) is 0 Å². The molecule has 0 aromatic heterocycles. The highest BCUT2D eigenvalue weighted by Crippen LogP contribution is 2.31. The summed E-state index contributed by atoms with van der Waals surface area (Å²) < 4.78 is 0. The normalized spacial score (nSPS) is 10.8. The summed E-state index contributed by atoms with van der Waals surface area (Å²) in [6.07, 6.45) is 2.35. The van der Waals surface area contributed by atoms with Crippen molar-refractivity contribution in [2.75, 3.05) is 0 Å². The molecule has 0 spiro atoms. The lowest BCUT2D eigenvalue weighted by molar-refractivity contribution is 0.920. The molecule has 110 valence electrons. The molecule has 3 aromatic carbocycles. The van der Waals surface area contributed by atoms with Gasteiger partial charge in [-0.15, -0.1) is 0 Å². The van der Waals surface area contributed by atoms with Crippen LogP contribution in [0.25, 0.3) is 0 Å². The fourth-order valence-corrected chi connectivity index (χ4v) is 4.69. The van der Waals surface area contributed by atoms with Gasteiger partial charge in [-0.05, 0) is 48.4 Å². The van der Waals surface area contributed by atoms with E-state index in [1.165, 1.54) is 26.7 Å². The molecule has 0 N–H and O–H groups in total. The molecule has 3 rings (SSSR count). The highest BCUT2D eigenvalue weighted by atomic mass is 32.2. The topological polar surface area (TPSA) is 0 Å². The molecule has 0 saturated heterocycles. The van der Waals surface area contributed by atoms with Crippen LogP contribution in [0.15, 0.2) is 99.6 Å². The summed E-state index contributed by atoms with van der Waals surface area (Å²) in [5.41, 5.74) is 1.43. The van der Waals surface area contributed by atoms with Gasteiger partial charge in [0.1, 0.15) is 0 Å². The van der Waals surface area contributed by atoms with E-state index in [0.717, 1.165) is 6.42 Å². The summed E-state index contributed by atoms with van der Waals surface area (Å²) in [6.45, 7) is 2.23. The number of aryl methyl sites for hydroxylation is 1. The van der Waals surface area contributed by atoms with Crippen LogP contribution in [0, 0.1) is 0 Å². The SMILES string of the molecule is CCCc1ccc([S+](c2ccccc2)c2ccccc2)cc1. The molecule has 0 saturated carbocycles. The standard InChI is InChI=1S/C21H21S/c1-2-9-18-14-16-21(17-15-18)22(19-10-5-3-6-11-19)20-12-7-4-8-13-20/h3-8,10-17H,2,9H2,1H3/q+1. The van der Waals surface area contributed by atoms with Gasteiger partial charge in [0, 0.05) is 0 Å². The van der Waals surface area contributed by atoms with E-state index in [0.29, 0.717) is 0 Å². The van der Waals surface area contributed by atoms with E-state index in [1.807, 2.05) is 0 Å². The van der Waals surface area contributed by atoms with Crippen molar-refractivity contribution >= 4 is 10.9 Å². The van der Waals surface area contributed by atoms with Gasteiger partial charge in [-0.3, -0.25) is 0 Å². The second kappa shape index (κ2) is 7.33. The lowest BCUT2D eigenvalue weighted by atomic mass is 10.1. The Hall–Kier alpha value is -1.99. The van der Waals surface area contributed by atoms with Gasteiger partial charge >= 0.3 is 0 Å². The highest BCUT2D eigenvalue weighted by molar-refractivity contribution is 7.97. The van der Waals surface area contributed by atoms with Crippen molar-refractivity contribution in [1.82, 2.24) is 0 Å². The van der Waals surface area contributed by atoms with Gasteiger partial charge in [0.2, 0.25) is 0 Å². The first kappa shape index (κ1) is 14.9. The maximum Gasteiger partial charge on any atom is 0.166 e. The highest BCUT2D eigenvalue weighted by Gasteiger charge is 2.27. The molecule has 0 aliphatic carbocycles. The Balaban J connectivity index is 2.02. The molecule has 3 aromatic rings.